The summed E-state index contributed by atoms with van der Waals surface area (Å²) in [5.74, 6) is 2.99. The van der Waals surface area contributed by atoms with Crippen LogP contribution in [0.4, 0.5) is 0 Å². The molecule has 6 heteroatoms. The molecule has 0 aromatic carbocycles. The second-order valence-corrected chi connectivity index (χ2v) is 7.49. The summed E-state index contributed by atoms with van der Waals surface area (Å²) in [5, 5.41) is 4.16. The van der Waals surface area contributed by atoms with E-state index in [1.807, 2.05) is 0 Å². The maximum atomic E-state index is 5.48. The molecule has 0 aromatic heterocycles. The highest BCUT2D eigenvalue weighted by atomic mass is 32.2. The molecule has 1 atom stereocenters. The Bertz CT molecular complexity index is 327. The minimum Gasteiger partial charge on any atom is -0.382 e. The van der Waals surface area contributed by atoms with Crippen LogP contribution < -0.4 is 5.32 Å². The Hall–Kier alpha value is -0.460. The van der Waals surface area contributed by atoms with Gasteiger partial charge in [-0.2, -0.15) is 11.8 Å². The van der Waals surface area contributed by atoms with Crippen LogP contribution in [0, 0.1) is 5.92 Å². The minimum absolute atomic E-state index is 0.673. The first-order chi connectivity index (χ1) is 11.2. The van der Waals surface area contributed by atoms with Gasteiger partial charge in [0, 0.05) is 50.9 Å². The lowest BCUT2D eigenvalue weighted by Crippen LogP contribution is -2.49. The third kappa shape index (κ3) is 8.82. The van der Waals surface area contributed by atoms with E-state index < -0.39 is 0 Å². The summed E-state index contributed by atoms with van der Waals surface area (Å²) < 4.78 is 10.4. The first kappa shape index (κ1) is 20.6. The highest BCUT2D eigenvalue weighted by Gasteiger charge is 2.24. The summed E-state index contributed by atoms with van der Waals surface area (Å²) in [7, 11) is 1.70. The Kier molecular flexibility index (Phi) is 11.5. The monoisotopic (exact) mass is 345 g/mol. The van der Waals surface area contributed by atoms with Crippen molar-refractivity contribution in [3.8, 4) is 0 Å². The fourth-order valence-corrected chi connectivity index (χ4v) is 3.74. The molecular weight excluding hydrogens is 310 g/mol. The maximum Gasteiger partial charge on any atom is 0.193 e. The van der Waals surface area contributed by atoms with E-state index in [0.29, 0.717) is 18.5 Å². The summed E-state index contributed by atoms with van der Waals surface area (Å²) in [6.45, 7) is 12.9. The predicted molar refractivity (Wildman–Crippen MR) is 101 cm³/mol. The molecule has 0 spiro atoms. The van der Waals surface area contributed by atoms with Crippen molar-refractivity contribution in [1.29, 1.82) is 0 Å². The number of hydrogen-bond acceptors (Lipinski definition) is 4. The molecule has 1 N–H and O–H groups in total. The number of nitrogens with zero attached hydrogens (tertiary/aromatic N) is 2. The normalized spacial score (nSPS) is 19.4. The third-order valence-corrected chi connectivity index (χ3v) is 5.40. The van der Waals surface area contributed by atoms with Gasteiger partial charge < -0.3 is 19.7 Å². The topological polar surface area (TPSA) is 46.1 Å². The van der Waals surface area contributed by atoms with Gasteiger partial charge in [-0.05, 0) is 25.7 Å². The van der Waals surface area contributed by atoms with Gasteiger partial charge in [0.2, 0.25) is 0 Å². The fraction of sp³-hybridized carbons (Fsp3) is 0.941. The van der Waals surface area contributed by atoms with Gasteiger partial charge in [-0.1, -0.05) is 13.8 Å². The smallest absolute Gasteiger partial charge is 0.193 e. The van der Waals surface area contributed by atoms with Crippen LogP contribution in [-0.4, -0.2) is 75.0 Å². The maximum absolute atomic E-state index is 5.48. The number of methoxy groups -OCH3 is 1. The van der Waals surface area contributed by atoms with E-state index in [0.717, 1.165) is 57.5 Å². The molecule has 5 nitrogen and oxygen atoms in total. The van der Waals surface area contributed by atoms with E-state index in [1.54, 1.807) is 7.11 Å². The van der Waals surface area contributed by atoms with Crippen molar-refractivity contribution in [1.82, 2.24) is 10.2 Å². The highest BCUT2D eigenvalue weighted by Crippen LogP contribution is 2.24. The number of guanidine groups is 1. The van der Waals surface area contributed by atoms with Crippen molar-refractivity contribution in [2.75, 3.05) is 58.9 Å². The molecule has 1 rings (SSSR count). The van der Waals surface area contributed by atoms with Crippen molar-refractivity contribution in [2.45, 2.75) is 38.9 Å². The zero-order valence-corrected chi connectivity index (χ0v) is 16.2. The van der Waals surface area contributed by atoms with E-state index in [9.17, 15) is 0 Å². The Morgan fingerprint density at radius 3 is 2.83 bits per heavy atom. The molecule has 1 fully saturated rings. The summed E-state index contributed by atoms with van der Waals surface area (Å²) in [6.07, 6.45) is 2.12. The molecule has 1 aliphatic heterocycles. The van der Waals surface area contributed by atoms with Crippen molar-refractivity contribution in [3.05, 3.63) is 0 Å². The molecular formula is C17H35N3O2S. The third-order valence-electron chi connectivity index (χ3n) is 3.86. The number of unbranched alkanes of at least 4 members (excludes halogenated alkanes) is 1. The van der Waals surface area contributed by atoms with Crippen LogP contribution >= 0.6 is 11.8 Å². The zero-order chi connectivity index (χ0) is 16.9. The standard InChI is InChI=1S/C17H35N3O2S/c1-5-18-17(19-8-6-7-10-22-12-11-21-4)20-9-13-23-16(14-20)15(2)3/h15-16H,5-14H2,1-4H3,(H,18,19). The van der Waals surface area contributed by atoms with E-state index in [1.165, 1.54) is 5.75 Å². The van der Waals surface area contributed by atoms with Gasteiger partial charge in [-0.3, -0.25) is 4.99 Å². The molecule has 0 amide bonds. The number of ether oxygens (including phenoxy) is 2. The first-order valence-corrected chi connectivity index (χ1v) is 9.95. The fourth-order valence-electron chi connectivity index (χ4n) is 2.44. The zero-order valence-electron chi connectivity index (χ0n) is 15.3. The number of aliphatic imine (C=N–C) groups is 1. The van der Waals surface area contributed by atoms with Crippen LogP contribution in [0.2, 0.25) is 0 Å². The number of hydrogen-bond donors (Lipinski definition) is 1. The molecule has 23 heavy (non-hydrogen) atoms. The minimum atomic E-state index is 0.673. The van der Waals surface area contributed by atoms with Gasteiger partial charge in [0.25, 0.3) is 0 Å². The van der Waals surface area contributed by atoms with Crippen LogP contribution in [0.3, 0.4) is 0 Å². The Balaban J connectivity index is 2.32. The highest BCUT2D eigenvalue weighted by molar-refractivity contribution is 8.00. The van der Waals surface area contributed by atoms with Crippen LogP contribution in [0.1, 0.15) is 33.6 Å². The van der Waals surface area contributed by atoms with E-state index >= 15 is 0 Å². The summed E-state index contributed by atoms with van der Waals surface area (Å²) in [6, 6.07) is 0. The lowest BCUT2D eigenvalue weighted by molar-refractivity contribution is 0.0690. The molecule has 0 radical (unpaired) electrons. The van der Waals surface area contributed by atoms with Gasteiger partial charge in [-0.15, -0.1) is 0 Å². The van der Waals surface area contributed by atoms with Gasteiger partial charge in [0.15, 0.2) is 5.96 Å². The predicted octanol–water partition coefficient (Wildman–Crippen LogP) is 2.47. The Labute approximate surface area is 146 Å². The Morgan fingerprint density at radius 1 is 1.30 bits per heavy atom. The lowest BCUT2D eigenvalue weighted by atomic mass is 10.1. The van der Waals surface area contributed by atoms with Crippen LogP contribution in [0.5, 0.6) is 0 Å². The molecule has 0 bridgehead atoms. The molecule has 0 aliphatic carbocycles. The second-order valence-electron chi connectivity index (χ2n) is 6.15. The van der Waals surface area contributed by atoms with E-state index in [4.69, 9.17) is 14.5 Å². The molecule has 1 unspecified atom stereocenters. The summed E-state index contributed by atoms with van der Waals surface area (Å²) in [4.78, 5) is 7.24. The quantitative estimate of drug-likeness (QED) is 0.374. The molecule has 0 saturated carbocycles. The molecule has 1 saturated heterocycles. The first-order valence-electron chi connectivity index (χ1n) is 8.90. The molecule has 1 heterocycles. The van der Waals surface area contributed by atoms with Crippen molar-refractivity contribution in [2.24, 2.45) is 10.9 Å². The van der Waals surface area contributed by atoms with E-state index in [2.05, 4.69) is 42.7 Å². The van der Waals surface area contributed by atoms with Gasteiger partial charge in [0.05, 0.1) is 13.2 Å². The van der Waals surface area contributed by atoms with Crippen molar-refractivity contribution < 1.29 is 9.47 Å². The second kappa shape index (κ2) is 12.9. The van der Waals surface area contributed by atoms with Gasteiger partial charge in [0.1, 0.15) is 0 Å². The van der Waals surface area contributed by atoms with Crippen molar-refractivity contribution in [3.63, 3.8) is 0 Å². The lowest BCUT2D eigenvalue weighted by Gasteiger charge is -2.36. The molecule has 1 aliphatic rings. The van der Waals surface area contributed by atoms with Gasteiger partial charge >= 0.3 is 0 Å². The molecule has 0 aromatic rings. The average Bonchev–Trinajstić information content (AvgIpc) is 2.56. The van der Waals surface area contributed by atoms with Crippen LogP contribution in [0.15, 0.2) is 4.99 Å². The van der Waals surface area contributed by atoms with Crippen molar-refractivity contribution >= 4 is 17.7 Å². The SMILES string of the molecule is CCNC(=NCCCCOCCOC)N1CCSC(C(C)C)C1. The Morgan fingerprint density at radius 2 is 2.13 bits per heavy atom. The van der Waals surface area contributed by atoms with Crippen LogP contribution in [-0.2, 0) is 9.47 Å². The van der Waals surface area contributed by atoms with Gasteiger partial charge in [-0.25, -0.2) is 0 Å². The average molecular weight is 346 g/mol. The van der Waals surface area contributed by atoms with Crippen LogP contribution in [0.25, 0.3) is 0 Å². The number of thioether (sulfide) groups is 1. The summed E-state index contributed by atoms with van der Waals surface area (Å²) >= 11 is 2.10. The molecule has 136 valence electrons. The summed E-state index contributed by atoms with van der Waals surface area (Å²) in [5.41, 5.74) is 0. The largest absolute Gasteiger partial charge is 0.382 e. The number of rotatable bonds is 10. The van der Waals surface area contributed by atoms with E-state index in [-0.39, 0.29) is 0 Å². The number of nitrogens with one attached hydrogen (secondary N) is 1.